The van der Waals surface area contributed by atoms with Crippen LogP contribution in [0.4, 0.5) is 8.78 Å². The quantitative estimate of drug-likeness (QED) is 0.184. The van der Waals surface area contributed by atoms with Crippen molar-refractivity contribution >= 4 is 0 Å². The van der Waals surface area contributed by atoms with E-state index in [1.165, 1.54) is 89.9 Å². The lowest BCUT2D eigenvalue weighted by Crippen LogP contribution is -2.44. The Bertz CT molecular complexity index is 756. The summed E-state index contributed by atoms with van der Waals surface area (Å²) >= 11 is 0. The number of unbranched alkanes of at least 4 members (excludes halogenated alkanes) is 1. The summed E-state index contributed by atoms with van der Waals surface area (Å²) in [6.45, 7) is 5.47. The Morgan fingerprint density at radius 1 is 0.550 bits per heavy atom. The van der Waals surface area contributed by atoms with Gasteiger partial charge in [0.05, 0.1) is 6.61 Å². The van der Waals surface area contributed by atoms with Gasteiger partial charge >= 0.3 is 0 Å². The summed E-state index contributed by atoms with van der Waals surface area (Å²) in [6.07, 6.45) is 23.3. The second kappa shape index (κ2) is 15.3. The smallest absolute Gasteiger partial charge is 0.164 e. The van der Waals surface area contributed by atoms with Gasteiger partial charge in [-0.25, -0.2) is 8.78 Å². The van der Waals surface area contributed by atoms with Crippen LogP contribution in [0, 0.1) is 47.3 Å². The Balaban J connectivity index is 0.978. The fraction of sp³-hybridized carbons (Fsp3) is 0.944. The molecular weight excluding hydrogens is 502 g/mol. The molecule has 5 aliphatic rings. The first-order valence-corrected chi connectivity index (χ1v) is 17.7. The number of alkyl halides is 2. The SMILES string of the molecule is CCCCOC1C=CC(OCC2CCC(C3CCC(C4CCC5CC(CCC)CCC5C4)CC3)CC2)C(F)C1F. The second-order valence-electron chi connectivity index (χ2n) is 14.8. The standard InChI is InChI=1S/C36H60F2O2/c1-3-5-21-39-33-19-20-34(36(38)35(33)37)40-24-26-8-10-27(11-9-26)28-13-15-29(16-14-28)31-18-17-30-22-25(6-4-2)7-12-32(30)23-31/h19-20,25-36H,3-18,21-24H2,1-2H3. The molecule has 5 aliphatic carbocycles. The van der Waals surface area contributed by atoms with Crippen LogP contribution in [-0.2, 0) is 9.47 Å². The molecule has 0 amide bonds. The zero-order valence-corrected chi connectivity index (χ0v) is 25.8. The predicted octanol–water partition coefficient (Wildman–Crippen LogP) is 10.0. The third-order valence-electron chi connectivity index (χ3n) is 12.3. The molecule has 230 valence electrons. The third kappa shape index (κ3) is 7.91. The highest BCUT2D eigenvalue weighted by atomic mass is 19.2. The highest BCUT2D eigenvalue weighted by Crippen LogP contribution is 2.51. The van der Waals surface area contributed by atoms with E-state index in [2.05, 4.69) is 13.8 Å². The largest absolute Gasteiger partial charge is 0.371 e. The molecule has 2 nitrogen and oxygen atoms in total. The molecule has 40 heavy (non-hydrogen) atoms. The molecule has 0 saturated heterocycles. The average Bonchev–Trinajstić information content (AvgIpc) is 2.99. The van der Waals surface area contributed by atoms with Crippen molar-refractivity contribution in [1.82, 2.24) is 0 Å². The van der Waals surface area contributed by atoms with Crippen molar-refractivity contribution in [3.8, 4) is 0 Å². The highest BCUT2D eigenvalue weighted by Gasteiger charge is 2.41. The zero-order valence-electron chi connectivity index (χ0n) is 25.8. The summed E-state index contributed by atoms with van der Waals surface area (Å²) in [5.74, 6) is 7.46. The number of hydrogen-bond donors (Lipinski definition) is 0. The molecule has 0 N–H and O–H groups in total. The van der Waals surface area contributed by atoms with Gasteiger partial charge in [-0.05, 0) is 137 Å². The topological polar surface area (TPSA) is 18.5 Å². The van der Waals surface area contributed by atoms with E-state index in [0.29, 0.717) is 19.1 Å². The number of fused-ring (bicyclic) bond motifs is 1. The molecule has 4 fully saturated rings. The van der Waals surface area contributed by atoms with Crippen LogP contribution < -0.4 is 0 Å². The molecule has 0 aliphatic heterocycles. The molecule has 4 heteroatoms. The van der Waals surface area contributed by atoms with E-state index in [0.717, 1.165) is 54.3 Å². The van der Waals surface area contributed by atoms with Gasteiger partial charge in [0.15, 0.2) is 12.3 Å². The average molecular weight is 563 g/mol. The van der Waals surface area contributed by atoms with Crippen molar-refractivity contribution in [2.45, 2.75) is 154 Å². The lowest BCUT2D eigenvalue weighted by Gasteiger charge is -2.46. The van der Waals surface area contributed by atoms with E-state index in [1.54, 1.807) is 25.0 Å². The Hall–Kier alpha value is -0.480. The van der Waals surface area contributed by atoms with E-state index in [9.17, 15) is 8.78 Å². The summed E-state index contributed by atoms with van der Waals surface area (Å²) in [7, 11) is 0. The number of halogens is 2. The van der Waals surface area contributed by atoms with Crippen LogP contribution in [0.2, 0.25) is 0 Å². The Labute approximate surface area is 244 Å². The Kier molecular flexibility index (Phi) is 11.8. The fourth-order valence-corrected chi connectivity index (χ4v) is 9.73. The number of rotatable bonds is 11. The molecule has 0 aromatic rings. The highest BCUT2D eigenvalue weighted by molar-refractivity contribution is 5.09. The first-order chi connectivity index (χ1) is 19.6. The van der Waals surface area contributed by atoms with E-state index in [-0.39, 0.29) is 0 Å². The van der Waals surface area contributed by atoms with Crippen molar-refractivity contribution in [3.05, 3.63) is 12.2 Å². The monoisotopic (exact) mass is 562 g/mol. The lowest BCUT2D eigenvalue weighted by atomic mass is 9.60. The van der Waals surface area contributed by atoms with Crippen LogP contribution in [0.3, 0.4) is 0 Å². The van der Waals surface area contributed by atoms with E-state index >= 15 is 0 Å². The van der Waals surface area contributed by atoms with Gasteiger partial charge in [-0.3, -0.25) is 0 Å². The van der Waals surface area contributed by atoms with Crippen molar-refractivity contribution in [2.24, 2.45) is 47.3 Å². The fourth-order valence-electron chi connectivity index (χ4n) is 9.73. The molecule has 0 aromatic heterocycles. The molecule has 4 saturated carbocycles. The maximum atomic E-state index is 14.7. The molecule has 0 bridgehead atoms. The molecule has 5 rings (SSSR count). The van der Waals surface area contributed by atoms with Gasteiger partial charge in [0, 0.05) is 6.61 Å². The van der Waals surface area contributed by atoms with Gasteiger partial charge in [0.2, 0.25) is 0 Å². The maximum Gasteiger partial charge on any atom is 0.164 e. The Morgan fingerprint density at radius 2 is 1.02 bits per heavy atom. The van der Waals surface area contributed by atoms with Gasteiger partial charge in [-0.2, -0.15) is 0 Å². The number of ether oxygens (including phenoxy) is 2. The first-order valence-electron chi connectivity index (χ1n) is 17.7. The minimum atomic E-state index is -1.63. The number of hydrogen-bond acceptors (Lipinski definition) is 2. The Morgan fingerprint density at radius 3 is 1.65 bits per heavy atom. The van der Waals surface area contributed by atoms with Gasteiger partial charge in [0.25, 0.3) is 0 Å². The van der Waals surface area contributed by atoms with Crippen LogP contribution >= 0.6 is 0 Å². The van der Waals surface area contributed by atoms with E-state index in [4.69, 9.17) is 9.47 Å². The molecule has 8 atom stereocenters. The predicted molar refractivity (Wildman–Crippen MR) is 161 cm³/mol. The van der Waals surface area contributed by atoms with Crippen molar-refractivity contribution in [2.75, 3.05) is 13.2 Å². The van der Waals surface area contributed by atoms with Gasteiger partial charge < -0.3 is 9.47 Å². The van der Waals surface area contributed by atoms with E-state index in [1.807, 2.05) is 0 Å². The van der Waals surface area contributed by atoms with Crippen molar-refractivity contribution < 1.29 is 18.3 Å². The van der Waals surface area contributed by atoms with Crippen LogP contribution in [0.5, 0.6) is 0 Å². The second-order valence-corrected chi connectivity index (χ2v) is 14.8. The van der Waals surface area contributed by atoms with E-state index < -0.39 is 24.6 Å². The van der Waals surface area contributed by atoms with Crippen LogP contribution in [0.15, 0.2) is 12.2 Å². The molecule has 0 spiro atoms. The summed E-state index contributed by atoms with van der Waals surface area (Å²) in [6, 6.07) is 0. The molecular formula is C36H60F2O2. The molecule has 0 heterocycles. The van der Waals surface area contributed by atoms with Crippen LogP contribution in [0.25, 0.3) is 0 Å². The zero-order chi connectivity index (χ0) is 27.9. The lowest BCUT2D eigenvalue weighted by molar-refractivity contribution is -0.0714. The minimum absolute atomic E-state index is 0.482. The molecule has 8 unspecified atom stereocenters. The molecule has 0 radical (unpaired) electrons. The van der Waals surface area contributed by atoms with Crippen LogP contribution in [0.1, 0.15) is 129 Å². The first kappa shape index (κ1) is 31.0. The summed E-state index contributed by atoms with van der Waals surface area (Å²) in [5.41, 5.74) is 0. The van der Waals surface area contributed by atoms with Crippen LogP contribution in [-0.4, -0.2) is 37.8 Å². The summed E-state index contributed by atoms with van der Waals surface area (Å²) in [4.78, 5) is 0. The normalized spacial score (nSPS) is 44.3. The van der Waals surface area contributed by atoms with Gasteiger partial charge in [-0.1, -0.05) is 51.7 Å². The molecule has 0 aromatic carbocycles. The van der Waals surface area contributed by atoms with Gasteiger partial charge in [-0.15, -0.1) is 0 Å². The van der Waals surface area contributed by atoms with Gasteiger partial charge in [0.1, 0.15) is 12.2 Å². The summed E-state index contributed by atoms with van der Waals surface area (Å²) < 4.78 is 40.8. The maximum absolute atomic E-state index is 14.7. The van der Waals surface area contributed by atoms with Crippen molar-refractivity contribution in [3.63, 3.8) is 0 Å². The summed E-state index contributed by atoms with van der Waals surface area (Å²) in [5, 5.41) is 0. The third-order valence-corrected chi connectivity index (χ3v) is 12.3. The van der Waals surface area contributed by atoms with Crippen molar-refractivity contribution in [1.29, 1.82) is 0 Å². The minimum Gasteiger partial charge on any atom is -0.371 e.